The van der Waals surface area contributed by atoms with Crippen LogP contribution in [0.15, 0.2) is 36.7 Å². The van der Waals surface area contributed by atoms with Crippen LogP contribution in [0, 0.1) is 0 Å². The number of carboxylic acids is 1. The molecule has 7 heteroatoms. The van der Waals surface area contributed by atoms with Gasteiger partial charge in [0.05, 0.1) is 23.2 Å². The maximum atomic E-state index is 13.1. The highest BCUT2D eigenvalue weighted by atomic mass is 35.5. The average molecular weight is 374 g/mol. The molecule has 136 valence electrons. The van der Waals surface area contributed by atoms with E-state index < -0.39 is 11.4 Å². The molecule has 1 amide bonds. The number of benzene rings is 1. The lowest BCUT2D eigenvalue weighted by Crippen LogP contribution is -2.44. The van der Waals surface area contributed by atoms with E-state index in [0.29, 0.717) is 18.1 Å². The van der Waals surface area contributed by atoms with Gasteiger partial charge in [-0.05, 0) is 43.4 Å². The summed E-state index contributed by atoms with van der Waals surface area (Å²) >= 11 is 6.10. The number of halogens is 1. The summed E-state index contributed by atoms with van der Waals surface area (Å²) in [5.74, 6) is -0.786. The minimum Gasteiger partial charge on any atom is -0.478 e. The molecule has 26 heavy (non-hydrogen) atoms. The number of rotatable bonds is 4. The van der Waals surface area contributed by atoms with E-state index in [9.17, 15) is 9.59 Å². The standard InChI is InChI=1S/C19H20ClN3O3/c20-15-3-1-2-14(10-15)19(6-7-19)18(26)22-8-4-16(5-9-22)23-12-13(11-21-23)17(24)25/h1-3,10-12,16H,4-9H2,(H,24,25). The fourth-order valence-corrected chi connectivity index (χ4v) is 4.01. The largest absolute Gasteiger partial charge is 0.478 e. The first-order valence-electron chi connectivity index (χ1n) is 8.82. The van der Waals surface area contributed by atoms with Crippen molar-refractivity contribution in [1.29, 1.82) is 0 Å². The van der Waals surface area contributed by atoms with Crippen molar-refractivity contribution < 1.29 is 14.7 Å². The minimum absolute atomic E-state index is 0.133. The van der Waals surface area contributed by atoms with Gasteiger partial charge in [0.2, 0.25) is 5.91 Å². The van der Waals surface area contributed by atoms with E-state index in [-0.39, 0.29) is 17.5 Å². The summed E-state index contributed by atoms with van der Waals surface area (Å²) in [6.07, 6.45) is 6.23. The number of amides is 1. The van der Waals surface area contributed by atoms with Crippen molar-refractivity contribution in [2.24, 2.45) is 0 Å². The van der Waals surface area contributed by atoms with Crippen LogP contribution in [0.2, 0.25) is 5.02 Å². The molecule has 1 aliphatic heterocycles. The Hall–Kier alpha value is -2.34. The molecule has 1 saturated carbocycles. The molecule has 1 N–H and O–H groups in total. The first-order chi connectivity index (χ1) is 12.5. The smallest absolute Gasteiger partial charge is 0.338 e. The molecule has 2 aliphatic rings. The molecule has 0 bridgehead atoms. The number of piperidine rings is 1. The van der Waals surface area contributed by atoms with Gasteiger partial charge < -0.3 is 10.0 Å². The number of aromatic carboxylic acids is 1. The molecule has 2 fully saturated rings. The van der Waals surface area contributed by atoms with Gasteiger partial charge in [-0.1, -0.05) is 23.7 Å². The van der Waals surface area contributed by atoms with Gasteiger partial charge in [-0.15, -0.1) is 0 Å². The Morgan fingerprint density at radius 3 is 2.54 bits per heavy atom. The van der Waals surface area contributed by atoms with Crippen LogP contribution in [0.4, 0.5) is 0 Å². The van der Waals surface area contributed by atoms with Gasteiger partial charge in [-0.2, -0.15) is 5.10 Å². The molecule has 0 radical (unpaired) electrons. The number of carbonyl (C=O) groups excluding carboxylic acids is 1. The molecule has 1 saturated heterocycles. The summed E-state index contributed by atoms with van der Waals surface area (Å²) in [5, 5.41) is 13.8. The van der Waals surface area contributed by atoms with Gasteiger partial charge in [0, 0.05) is 24.3 Å². The van der Waals surface area contributed by atoms with Crippen LogP contribution in [-0.2, 0) is 10.2 Å². The van der Waals surface area contributed by atoms with E-state index in [0.717, 1.165) is 31.2 Å². The van der Waals surface area contributed by atoms with Gasteiger partial charge in [0.15, 0.2) is 0 Å². The maximum absolute atomic E-state index is 13.1. The number of carbonyl (C=O) groups is 2. The summed E-state index contributed by atoms with van der Waals surface area (Å²) in [5.41, 5.74) is 0.802. The van der Waals surface area contributed by atoms with Gasteiger partial charge in [0.25, 0.3) is 0 Å². The summed E-state index contributed by atoms with van der Waals surface area (Å²) in [6, 6.07) is 7.74. The number of hydrogen-bond acceptors (Lipinski definition) is 3. The Morgan fingerprint density at radius 1 is 1.23 bits per heavy atom. The SMILES string of the molecule is O=C(O)c1cnn(C2CCN(C(=O)C3(c4cccc(Cl)c4)CC3)CC2)c1. The van der Waals surface area contributed by atoms with Crippen molar-refractivity contribution in [2.75, 3.05) is 13.1 Å². The Labute approximate surface area is 156 Å². The van der Waals surface area contributed by atoms with Crippen LogP contribution >= 0.6 is 11.6 Å². The molecule has 0 atom stereocenters. The summed E-state index contributed by atoms with van der Waals surface area (Å²) in [6.45, 7) is 1.32. The van der Waals surface area contributed by atoms with Gasteiger partial charge in [-0.3, -0.25) is 9.48 Å². The molecule has 1 aromatic heterocycles. The van der Waals surface area contributed by atoms with Crippen molar-refractivity contribution in [2.45, 2.75) is 37.1 Å². The van der Waals surface area contributed by atoms with E-state index in [2.05, 4.69) is 5.10 Å². The molecule has 0 spiro atoms. The summed E-state index contributed by atoms with van der Waals surface area (Å²) in [4.78, 5) is 26.0. The van der Waals surface area contributed by atoms with Crippen LogP contribution < -0.4 is 0 Å². The van der Waals surface area contributed by atoms with Gasteiger partial charge in [0.1, 0.15) is 0 Å². The lowest BCUT2D eigenvalue weighted by molar-refractivity contribution is -0.135. The maximum Gasteiger partial charge on any atom is 0.338 e. The number of carboxylic acid groups (broad SMARTS) is 1. The monoisotopic (exact) mass is 373 g/mol. The molecule has 0 unspecified atom stereocenters. The zero-order valence-corrected chi connectivity index (χ0v) is 15.0. The number of likely N-dealkylation sites (tertiary alicyclic amines) is 1. The van der Waals surface area contributed by atoms with Crippen LogP contribution in [0.25, 0.3) is 0 Å². The van der Waals surface area contributed by atoms with Crippen LogP contribution in [0.1, 0.15) is 47.6 Å². The lowest BCUT2D eigenvalue weighted by Gasteiger charge is -2.34. The Balaban J connectivity index is 1.43. The quantitative estimate of drug-likeness (QED) is 0.893. The second-order valence-electron chi connectivity index (χ2n) is 7.13. The topological polar surface area (TPSA) is 75.4 Å². The molecular formula is C19H20ClN3O3. The van der Waals surface area contributed by atoms with E-state index in [1.54, 1.807) is 10.9 Å². The Kier molecular flexibility index (Phi) is 4.23. The minimum atomic E-state index is -0.971. The van der Waals surface area contributed by atoms with E-state index in [1.165, 1.54) is 6.20 Å². The zero-order chi connectivity index (χ0) is 18.3. The average Bonchev–Trinajstić information content (AvgIpc) is 3.30. The van der Waals surface area contributed by atoms with Crippen molar-refractivity contribution in [3.8, 4) is 0 Å². The number of nitrogens with zero attached hydrogens (tertiary/aromatic N) is 3. The molecular weight excluding hydrogens is 354 g/mol. The zero-order valence-electron chi connectivity index (χ0n) is 14.3. The highest BCUT2D eigenvalue weighted by Gasteiger charge is 2.53. The van der Waals surface area contributed by atoms with E-state index in [1.807, 2.05) is 29.2 Å². The van der Waals surface area contributed by atoms with Crippen molar-refractivity contribution in [3.05, 3.63) is 52.8 Å². The third-order valence-corrected chi connectivity index (χ3v) is 5.75. The predicted octanol–water partition coefficient (Wildman–Crippen LogP) is 3.13. The third kappa shape index (κ3) is 2.98. The molecule has 2 aromatic rings. The molecule has 4 rings (SSSR count). The fourth-order valence-electron chi connectivity index (χ4n) is 3.82. The second kappa shape index (κ2) is 6.43. The molecule has 1 aromatic carbocycles. The first kappa shape index (κ1) is 17.1. The fraction of sp³-hybridized carbons (Fsp3) is 0.421. The van der Waals surface area contributed by atoms with Crippen molar-refractivity contribution in [3.63, 3.8) is 0 Å². The highest BCUT2D eigenvalue weighted by molar-refractivity contribution is 6.30. The van der Waals surface area contributed by atoms with Crippen molar-refractivity contribution >= 4 is 23.5 Å². The second-order valence-corrected chi connectivity index (χ2v) is 7.57. The van der Waals surface area contributed by atoms with Crippen molar-refractivity contribution in [1.82, 2.24) is 14.7 Å². The molecule has 1 aliphatic carbocycles. The molecule has 2 heterocycles. The predicted molar refractivity (Wildman–Crippen MR) is 96.4 cm³/mol. The highest BCUT2D eigenvalue weighted by Crippen LogP contribution is 2.50. The van der Waals surface area contributed by atoms with Crippen LogP contribution in [-0.4, -0.2) is 44.8 Å². The van der Waals surface area contributed by atoms with Crippen LogP contribution in [0.5, 0.6) is 0 Å². The number of aromatic nitrogens is 2. The van der Waals surface area contributed by atoms with E-state index >= 15 is 0 Å². The Bertz CT molecular complexity index is 851. The molecule has 6 nitrogen and oxygen atoms in total. The normalized spacial score (nSPS) is 19.3. The van der Waals surface area contributed by atoms with E-state index in [4.69, 9.17) is 16.7 Å². The van der Waals surface area contributed by atoms with Gasteiger partial charge >= 0.3 is 5.97 Å². The Morgan fingerprint density at radius 2 is 1.96 bits per heavy atom. The lowest BCUT2D eigenvalue weighted by atomic mass is 9.93. The summed E-state index contributed by atoms with van der Waals surface area (Å²) in [7, 11) is 0. The number of hydrogen-bond donors (Lipinski definition) is 1. The van der Waals surface area contributed by atoms with Gasteiger partial charge in [-0.25, -0.2) is 4.79 Å². The third-order valence-electron chi connectivity index (χ3n) is 5.51. The van der Waals surface area contributed by atoms with Crippen LogP contribution in [0.3, 0.4) is 0 Å². The summed E-state index contributed by atoms with van der Waals surface area (Å²) < 4.78 is 1.72. The first-order valence-corrected chi connectivity index (χ1v) is 9.20.